The molecule has 1 aromatic heterocycles. The number of thiophene rings is 1. The van der Waals surface area contributed by atoms with E-state index in [0.29, 0.717) is 22.1 Å². The maximum Gasteiger partial charge on any atom is 0.195 e. The highest BCUT2D eigenvalue weighted by atomic mass is 32.1. The predicted octanol–water partition coefficient (Wildman–Crippen LogP) is 7.45. The Morgan fingerprint density at radius 3 is 2.36 bits per heavy atom. The molecule has 0 N–H and O–H groups in total. The van der Waals surface area contributed by atoms with Gasteiger partial charge in [-0.05, 0) is 59.8 Å². The van der Waals surface area contributed by atoms with Gasteiger partial charge in [-0.3, -0.25) is 4.79 Å². The van der Waals surface area contributed by atoms with E-state index in [1.807, 2.05) is 66.1 Å². The summed E-state index contributed by atoms with van der Waals surface area (Å²) in [6, 6.07) is 25.9. The first kappa shape index (κ1) is 23.6. The number of allylic oxidation sites excluding steroid dienone is 3. The fraction of sp³-hybridized carbons (Fsp3) is 0.129. The Labute approximate surface area is 215 Å². The maximum atomic E-state index is 13.0. The lowest BCUT2D eigenvalue weighted by Crippen LogP contribution is -2.16. The van der Waals surface area contributed by atoms with E-state index < -0.39 is 0 Å². The topological polar surface area (TPSA) is 44.8 Å². The zero-order chi connectivity index (χ0) is 25.1. The smallest absolute Gasteiger partial charge is 0.195 e. The van der Waals surface area contributed by atoms with Crippen LogP contribution in [0.2, 0.25) is 0 Å². The SMILES string of the molecule is COc1ccc(C2=C(/C=C/C(=O)c3cccs3)C(c3ccccc3C)c3ccccc3O2)cc1OC. The van der Waals surface area contributed by atoms with Crippen LogP contribution in [0.3, 0.4) is 0 Å². The Balaban J connectivity index is 1.74. The molecule has 0 spiro atoms. The number of benzene rings is 3. The first-order valence-electron chi connectivity index (χ1n) is 11.7. The van der Waals surface area contributed by atoms with Gasteiger partial charge in [0.15, 0.2) is 17.3 Å². The number of hydrogen-bond acceptors (Lipinski definition) is 5. The number of carbonyl (C=O) groups excluding carboxylic acids is 1. The van der Waals surface area contributed by atoms with Crippen LogP contribution in [0.5, 0.6) is 17.2 Å². The van der Waals surface area contributed by atoms with Crippen molar-refractivity contribution in [3.8, 4) is 17.2 Å². The van der Waals surface area contributed by atoms with Crippen molar-refractivity contribution >= 4 is 22.9 Å². The summed E-state index contributed by atoms with van der Waals surface area (Å²) in [5.74, 6) is 2.56. The van der Waals surface area contributed by atoms with Crippen molar-refractivity contribution in [2.45, 2.75) is 12.8 Å². The van der Waals surface area contributed by atoms with E-state index in [2.05, 4.69) is 31.2 Å². The molecule has 1 aliphatic rings. The molecule has 5 heteroatoms. The third-order valence-electron chi connectivity index (χ3n) is 6.34. The van der Waals surface area contributed by atoms with E-state index in [0.717, 1.165) is 28.0 Å². The first-order valence-corrected chi connectivity index (χ1v) is 12.5. The summed E-state index contributed by atoms with van der Waals surface area (Å²) < 4.78 is 17.6. The van der Waals surface area contributed by atoms with Crippen molar-refractivity contribution < 1.29 is 19.0 Å². The normalized spacial score (nSPS) is 14.9. The molecule has 0 fully saturated rings. The van der Waals surface area contributed by atoms with Crippen LogP contribution in [-0.2, 0) is 0 Å². The van der Waals surface area contributed by atoms with Gasteiger partial charge in [-0.1, -0.05) is 54.6 Å². The number of ether oxygens (including phenoxy) is 3. The highest BCUT2D eigenvalue weighted by Gasteiger charge is 2.31. The molecule has 36 heavy (non-hydrogen) atoms. The summed E-state index contributed by atoms with van der Waals surface area (Å²) in [7, 11) is 3.23. The van der Waals surface area contributed by atoms with Gasteiger partial charge in [0.1, 0.15) is 11.5 Å². The fourth-order valence-electron chi connectivity index (χ4n) is 4.57. The molecule has 5 rings (SSSR count). The summed E-state index contributed by atoms with van der Waals surface area (Å²) in [5, 5.41) is 1.91. The van der Waals surface area contributed by atoms with Crippen molar-refractivity contribution in [1.29, 1.82) is 0 Å². The molecule has 0 radical (unpaired) electrons. The van der Waals surface area contributed by atoms with E-state index in [-0.39, 0.29) is 11.7 Å². The molecule has 4 nitrogen and oxygen atoms in total. The third-order valence-corrected chi connectivity index (χ3v) is 7.22. The first-order chi connectivity index (χ1) is 17.6. The number of ketones is 1. The monoisotopic (exact) mass is 494 g/mol. The van der Waals surface area contributed by atoms with Crippen LogP contribution in [0.25, 0.3) is 5.76 Å². The van der Waals surface area contributed by atoms with E-state index in [1.165, 1.54) is 16.9 Å². The number of hydrogen-bond donors (Lipinski definition) is 0. The molecule has 2 heterocycles. The minimum absolute atomic E-state index is 0.0356. The second-order valence-corrected chi connectivity index (χ2v) is 9.41. The Bertz CT molecular complexity index is 1460. The Hall–Kier alpha value is -4.09. The molecular formula is C31H26O4S. The summed E-state index contributed by atoms with van der Waals surface area (Å²) in [4.78, 5) is 13.7. The number of methoxy groups -OCH3 is 2. The number of fused-ring (bicyclic) bond motifs is 1. The minimum Gasteiger partial charge on any atom is -0.493 e. The van der Waals surface area contributed by atoms with Gasteiger partial charge in [0, 0.05) is 22.6 Å². The summed E-state index contributed by atoms with van der Waals surface area (Å²) in [6.07, 6.45) is 3.55. The van der Waals surface area contributed by atoms with Crippen LogP contribution >= 0.6 is 11.3 Å². The van der Waals surface area contributed by atoms with Crippen molar-refractivity contribution in [1.82, 2.24) is 0 Å². The second kappa shape index (κ2) is 10.3. The highest BCUT2D eigenvalue weighted by molar-refractivity contribution is 7.12. The molecular weight excluding hydrogens is 468 g/mol. The van der Waals surface area contributed by atoms with Gasteiger partial charge in [0.2, 0.25) is 0 Å². The largest absolute Gasteiger partial charge is 0.493 e. The molecule has 3 aromatic carbocycles. The molecule has 0 amide bonds. The van der Waals surface area contributed by atoms with Gasteiger partial charge in [0.05, 0.1) is 19.1 Å². The lowest BCUT2D eigenvalue weighted by Gasteiger charge is -2.31. The molecule has 1 atom stereocenters. The van der Waals surface area contributed by atoms with Crippen LogP contribution in [0, 0.1) is 6.92 Å². The minimum atomic E-state index is -0.119. The molecule has 4 aromatic rings. The number of rotatable bonds is 7. The van der Waals surface area contributed by atoms with Gasteiger partial charge in [-0.25, -0.2) is 0 Å². The summed E-state index contributed by atoms with van der Waals surface area (Å²) in [5.41, 5.74) is 5.12. The quantitative estimate of drug-likeness (QED) is 0.198. The van der Waals surface area contributed by atoms with Crippen LogP contribution in [0.4, 0.5) is 0 Å². The lowest BCUT2D eigenvalue weighted by atomic mass is 9.79. The van der Waals surface area contributed by atoms with Gasteiger partial charge >= 0.3 is 0 Å². The fourth-order valence-corrected chi connectivity index (χ4v) is 5.21. The van der Waals surface area contributed by atoms with Crippen LogP contribution in [0.15, 0.2) is 102 Å². The predicted molar refractivity (Wildman–Crippen MR) is 144 cm³/mol. The molecule has 0 saturated carbocycles. The van der Waals surface area contributed by atoms with Crippen molar-refractivity contribution in [3.63, 3.8) is 0 Å². The summed E-state index contributed by atoms with van der Waals surface area (Å²) >= 11 is 1.43. The number of carbonyl (C=O) groups is 1. The second-order valence-electron chi connectivity index (χ2n) is 8.46. The van der Waals surface area contributed by atoms with Crippen molar-refractivity contribution in [3.05, 3.63) is 129 Å². The van der Waals surface area contributed by atoms with E-state index in [4.69, 9.17) is 14.2 Å². The van der Waals surface area contributed by atoms with Crippen LogP contribution in [0.1, 0.15) is 37.8 Å². The Kier molecular flexibility index (Phi) is 6.74. The van der Waals surface area contributed by atoms with Gasteiger partial charge in [-0.2, -0.15) is 0 Å². The molecule has 0 aliphatic carbocycles. The molecule has 0 bridgehead atoms. The van der Waals surface area contributed by atoms with Crippen LogP contribution in [-0.4, -0.2) is 20.0 Å². The van der Waals surface area contributed by atoms with E-state index >= 15 is 0 Å². The third kappa shape index (κ3) is 4.45. The Morgan fingerprint density at radius 2 is 1.64 bits per heavy atom. The molecule has 1 unspecified atom stereocenters. The average Bonchev–Trinajstić information content (AvgIpc) is 3.46. The molecule has 1 aliphatic heterocycles. The molecule has 0 saturated heterocycles. The zero-order valence-electron chi connectivity index (χ0n) is 20.4. The lowest BCUT2D eigenvalue weighted by molar-refractivity contribution is 0.105. The van der Waals surface area contributed by atoms with Gasteiger partial charge in [0.25, 0.3) is 0 Å². The maximum absolute atomic E-state index is 13.0. The van der Waals surface area contributed by atoms with E-state index in [1.54, 1.807) is 20.3 Å². The Morgan fingerprint density at radius 1 is 0.889 bits per heavy atom. The highest BCUT2D eigenvalue weighted by Crippen LogP contribution is 2.47. The van der Waals surface area contributed by atoms with E-state index in [9.17, 15) is 4.79 Å². The van der Waals surface area contributed by atoms with Crippen molar-refractivity contribution in [2.75, 3.05) is 14.2 Å². The number of aryl methyl sites for hydroxylation is 1. The number of para-hydroxylation sites is 1. The molecule has 180 valence electrons. The zero-order valence-corrected chi connectivity index (χ0v) is 21.2. The van der Waals surface area contributed by atoms with Crippen LogP contribution < -0.4 is 14.2 Å². The average molecular weight is 495 g/mol. The van der Waals surface area contributed by atoms with Gasteiger partial charge in [-0.15, -0.1) is 11.3 Å². The summed E-state index contributed by atoms with van der Waals surface area (Å²) in [6.45, 7) is 2.11. The van der Waals surface area contributed by atoms with Crippen molar-refractivity contribution in [2.24, 2.45) is 0 Å². The standard InChI is InChI=1S/C31H26O4S/c1-20-9-4-5-10-22(20)30-23-11-6-7-12-26(23)35-31(21-14-17-27(33-2)28(19-21)34-3)24(30)15-16-25(32)29-13-8-18-36-29/h4-19,30H,1-3H3/b16-15+. The van der Waals surface area contributed by atoms with Gasteiger partial charge < -0.3 is 14.2 Å².